The van der Waals surface area contributed by atoms with Crippen LogP contribution in [-0.2, 0) is 16.2 Å². The quantitative estimate of drug-likeness (QED) is 0.166. The number of anilines is 1. The van der Waals surface area contributed by atoms with Gasteiger partial charge in [-0.1, -0.05) is 33.6 Å². The molecule has 0 unspecified atom stereocenters. The van der Waals surface area contributed by atoms with Crippen LogP contribution in [0.25, 0.3) is 6.08 Å². The molecule has 1 heterocycles. The van der Waals surface area contributed by atoms with E-state index < -0.39 is 22.8 Å². The Kier molecular flexibility index (Phi) is 7.87. The highest BCUT2D eigenvalue weighted by molar-refractivity contribution is 9.10. The van der Waals surface area contributed by atoms with E-state index in [0.29, 0.717) is 39.4 Å². The minimum Gasteiger partial charge on any atom is -0.490 e. The topological polar surface area (TPSA) is 128 Å². The number of urea groups is 1. The molecule has 1 fully saturated rings. The van der Waals surface area contributed by atoms with Crippen molar-refractivity contribution in [2.24, 2.45) is 0 Å². The maximum Gasteiger partial charge on any atom is 0.335 e. The number of non-ortho nitro benzene ring substituents is 1. The lowest BCUT2D eigenvalue weighted by molar-refractivity contribution is -0.384. The van der Waals surface area contributed by atoms with Gasteiger partial charge in [-0.05, 0) is 67.4 Å². The molecule has 4 rings (SSSR count). The van der Waals surface area contributed by atoms with Crippen LogP contribution in [-0.4, -0.2) is 29.4 Å². The fourth-order valence-corrected chi connectivity index (χ4v) is 4.10. The lowest BCUT2D eigenvalue weighted by Gasteiger charge is -2.26. The molecule has 11 heteroatoms. The Balaban J connectivity index is 1.62. The molecule has 4 amide bonds. The summed E-state index contributed by atoms with van der Waals surface area (Å²) in [6.45, 7) is 4.12. The summed E-state index contributed by atoms with van der Waals surface area (Å²) in [6.07, 6.45) is 1.37. The number of carbonyl (C=O) groups is 3. The molecule has 0 bridgehead atoms. The number of amides is 4. The zero-order valence-electron chi connectivity index (χ0n) is 20.4. The van der Waals surface area contributed by atoms with Gasteiger partial charge in [-0.25, -0.2) is 9.69 Å². The molecule has 194 valence electrons. The molecule has 1 aliphatic rings. The van der Waals surface area contributed by atoms with Crippen LogP contribution >= 0.6 is 15.9 Å². The van der Waals surface area contributed by atoms with Crippen molar-refractivity contribution in [3.05, 3.63) is 97.5 Å². The fourth-order valence-electron chi connectivity index (χ4n) is 3.66. The van der Waals surface area contributed by atoms with Gasteiger partial charge in [0.2, 0.25) is 0 Å². The lowest BCUT2D eigenvalue weighted by atomic mass is 10.1. The summed E-state index contributed by atoms with van der Waals surface area (Å²) in [5.41, 5.74) is 2.20. The van der Waals surface area contributed by atoms with Gasteiger partial charge < -0.3 is 9.47 Å². The third kappa shape index (κ3) is 5.73. The maximum atomic E-state index is 13.2. The van der Waals surface area contributed by atoms with E-state index in [1.54, 1.807) is 55.5 Å². The lowest BCUT2D eigenvalue weighted by Crippen LogP contribution is -2.54. The number of barbiturate groups is 1. The van der Waals surface area contributed by atoms with Crippen molar-refractivity contribution >= 4 is 51.2 Å². The first kappa shape index (κ1) is 26.6. The molecule has 0 spiro atoms. The van der Waals surface area contributed by atoms with Gasteiger partial charge in [0.1, 0.15) is 12.2 Å². The van der Waals surface area contributed by atoms with Gasteiger partial charge in [0.25, 0.3) is 17.5 Å². The monoisotopic (exact) mass is 579 g/mol. The second-order valence-corrected chi connectivity index (χ2v) is 9.11. The van der Waals surface area contributed by atoms with Crippen LogP contribution in [0, 0.1) is 17.0 Å². The molecule has 10 nitrogen and oxygen atoms in total. The number of ether oxygens (including phenoxy) is 2. The summed E-state index contributed by atoms with van der Waals surface area (Å²) in [7, 11) is 0. The molecule has 38 heavy (non-hydrogen) atoms. The van der Waals surface area contributed by atoms with Crippen molar-refractivity contribution in [3.8, 4) is 11.5 Å². The molecule has 0 radical (unpaired) electrons. The van der Waals surface area contributed by atoms with Crippen LogP contribution in [0.2, 0.25) is 0 Å². The van der Waals surface area contributed by atoms with Gasteiger partial charge in [0, 0.05) is 16.6 Å². The standard InChI is InChI=1S/C27H22BrN3O7/c1-3-37-23-13-18(22(28)14-24(23)38-15-17-6-10-20(11-7-17)31(35)36)12-21-25(32)29-27(34)30(26(21)33)19-8-4-16(2)5-9-19/h4-14H,3,15H2,1-2H3,(H,29,32,34)/b21-12+. The number of nitro benzene ring substituents is 1. The summed E-state index contributed by atoms with van der Waals surface area (Å²) in [4.78, 5) is 49.6. The first-order valence-corrected chi connectivity index (χ1v) is 12.3. The van der Waals surface area contributed by atoms with Crippen LogP contribution in [0.4, 0.5) is 16.2 Å². The zero-order chi connectivity index (χ0) is 27.4. The van der Waals surface area contributed by atoms with Crippen LogP contribution in [0.1, 0.15) is 23.6 Å². The van der Waals surface area contributed by atoms with Crippen molar-refractivity contribution in [1.29, 1.82) is 0 Å². The summed E-state index contributed by atoms with van der Waals surface area (Å²) >= 11 is 3.45. The van der Waals surface area contributed by atoms with Crippen molar-refractivity contribution in [1.82, 2.24) is 5.32 Å². The number of rotatable bonds is 8. The van der Waals surface area contributed by atoms with Gasteiger partial charge in [-0.15, -0.1) is 0 Å². The molecule has 0 aliphatic carbocycles. The maximum absolute atomic E-state index is 13.2. The largest absolute Gasteiger partial charge is 0.490 e. The highest BCUT2D eigenvalue weighted by atomic mass is 79.9. The number of hydrogen-bond acceptors (Lipinski definition) is 7. The van der Waals surface area contributed by atoms with Crippen molar-refractivity contribution in [2.45, 2.75) is 20.5 Å². The predicted molar refractivity (Wildman–Crippen MR) is 143 cm³/mol. The van der Waals surface area contributed by atoms with Crippen LogP contribution in [0.3, 0.4) is 0 Å². The summed E-state index contributed by atoms with van der Waals surface area (Å²) < 4.78 is 12.1. The number of imide groups is 2. The zero-order valence-corrected chi connectivity index (χ0v) is 22.0. The van der Waals surface area contributed by atoms with E-state index in [-0.39, 0.29) is 17.9 Å². The third-order valence-corrected chi connectivity index (χ3v) is 6.28. The molecule has 1 N–H and O–H groups in total. The van der Waals surface area contributed by atoms with Crippen LogP contribution in [0.5, 0.6) is 11.5 Å². The van der Waals surface area contributed by atoms with Crippen molar-refractivity contribution < 1.29 is 28.8 Å². The normalized spacial score (nSPS) is 14.4. The first-order valence-electron chi connectivity index (χ1n) is 11.5. The number of hydrogen-bond donors (Lipinski definition) is 1. The Morgan fingerprint density at radius 2 is 1.66 bits per heavy atom. The number of nitrogens with zero attached hydrogens (tertiary/aromatic N) is 2. The van der Waals surface area contributed by atoms with Crippen LogP contribution in [0.15, 0.2) is 70.7 Å². The molecular weight excluding hydrogens is 558 g/mol. The smallest absolute Gasteiger partial charge is 0.335 e. The van der Waals surface area contributed by atoms with Gasteiger partial charge in [0.15, 0.2) is 11.5 Å². The Labute approximate surface area is 226 Å². The number of halogens is 1. The molecule has 3 aromatic carbocycles. The highest BCUT2D eigenvalue weighted by Gasteiger charge is 2.37. The van der Waals surface area contributed by atoms with Gasteiger partial charge in [0.05, 0.1) is 17.2 Å². The molecular formula is C27H22BrN3O7. The van der Waals surface area contributed by atoms with Crippen molar-refractivity contribution in [2.75, 3.05) is 11.5 Å². The third-order valence-electron chi connectivity index (χ3n) is 5.60. The van der Waals surface area contributed by atoms with E-state index in [1.165, 1.54) is 18.2 Å². The second-order valence-electron chi connectivity index (χ2n) is 8.26. The van der Waals surface area contributed by atoms with Gasteiger partial charge in [-0.2, -0.15) is 0 Å². The van der Waals surface area contributed by atoms with E-state index in [1.807, 2.05) is 6.92 Å². The highest BCUT2D eigenvalue weighted by Crippen LogP contribution is 2.36. The first-order chi connectivity index (χ1) is 18.2. The molecule has 0 saturated carbocycles. The number of nitro groups is 1. The summed E-state index contributed by atoms with van der Waals surface area (Å²) in [6, 6.07) is 15.2. The van der Waals surface area contributed by atoms with Gasteiger partial charge >= 0.3 is 6.03 Å². The molecule has 0 atom stereocenters. The summed E-state index contributed by atoms with van der Waals surface area (Å²) in [5.74, 6) is -0.826. The second kappa shape index (κ2) is 11.3. The molecule has 1 aliphatic heterocycles. The Morgan fingerprint density at radius 3 is 2.29 bits per heavy atom. The van der Waals surface area contributed by atoms with Gasteiger partial charge in [-0.3, -0.25) is 25.0 Å². The van der Waals surface area contributed by atoms with E-state index in [4.69, 9.17) is 9.47 Å². The average Bonchev–Trinajstić information content (AvgIpc) is 2.88. The Morgan fingerprint density at radius 1 is 1.00 bits per heavy atom. The van der Waals surface area contributed by atoms with E-state index >= 15 is 0 Å². The Bertz CT molecular complexity index is 1450. The van der Waals surface area contributed by atoms with E-state index in [0.717, 1.165) is 10.5 Å². The number of benzene rings is 3. The molecule has 1 saturated heterocycles. The van der Waals surface area contributed by atoms with Crippen molar-refractivity contribution in [3.63, 3.8) is 0 Å². The van der Waals surface area contributed by atoms with E-state index in [2.05, 4.69) is 21.2 Å². The Hall–Kier alpha value is -4.51. The SMILES string of the molecule is CCOc1cc(/C=C2\C(=O)NC(=O)N(c3ccc(C)cc3)C2=O)c(Br)cc1OCc1ccc([N+](=O)[O-])cc1. The fraction of sp³-hybridized carbons (Fsp3) is 0.148. The number of nitrogens with one attached hydrogen (secondary N) is 1. The summed E-state index contributed by atoms with van der Waals surface area (Å²) in [5, 5.41) is 13.1. The molecule has 3 aromatic rings. The predicted octanol–water partition coefficient (Wildman–Crippen LogP) is 5.31. The number of carbonyl (C=O) groups excluding carboxylic acids is 3. The molecule has 0 aromatic heterocycles. The van der Waals surface area contributed by atoms with E-state index in [9.17, 15) is 24.5 Å². The average molecular weight is 580 g/mol. The van der Waals surface area contributed by atoms with Crippen LogP contribution < -0.4 is 19.7 Å². The minimum absolute atomic E-state index is 0.0205. The minimum atomic E-state index is -0.829. The number of aryl methyl sites for hydroxylation is 1.